The molecule has 1 heterocycles. The number of nitrogens with zero attached hydrogens (tertiary/aromatic N) is 3. The van der Waals surface area contributed by atoms with Gasteiger partial charge in [0.2, 0.25) is 0 Å². The minimum Gasteiger partial charge on any atom is -0.308 e. The molecule has 0 saturated carbocycles. The summed E-state index contributed by atoms with van der Waals surface area (Å²) in [5.41, 5.74) is 0. The van der Waals surface area contributed by atoms with Crippen LogP contribution in [0.5, 0.6) is 0 Å². The summed E-state index contributed by atoms with van der Waals surface area (Å²) >= 11 is 6.17. The summed E-state index contributed by atoms with van der Waals surface area (Å²) in [6.07, 6.45) is 1.61. The van der Waals surface area contributed by atoms with Crippen LogP contribution in [0.3, 0.4) is 0 Å². The monoisotopic (exact) mass is 258 g/mol. The van der Waals surface area contributed by atoms with Gasteiger partial charge in [0.25, 0.3) is 0 Å². The maximum Gasteiger partial charge on any atom is 0.140 e. The zero-order chi connectivity index (χ0) is 12.8. The molecule has 17 heavy (non-hydrogen) atoms. The smallest absolute Gasteiger partial charge is 0.140 e. The first-order valence-electron chi connectivity index (χ1n) is 6.22. The van der Waals surface area contributed by atoms with Crippen molar-refractivity contribution in [3.8, 4) is 0 Å². The van der Waals surface area contributed by atoms with Crippen LogP contribution < -0.4 is 5.32 Å². The lowest BCUT2D eigenvalue weighted by atomic mass is 10.1. The first-order valence-corrected chi connectivity index (χ1v) is 6.65. The van der Waals surface area contributed by atoms with E-state index in [0.29, 0.717) is 11.8 Å². The van der Waals surface area contributed by atoms with Gasteiger partial charge in [-0.3, -0.25) is 0 Å². The summed E-state index contributed by atoms with van der Waals surface area (Å²) in [5.74, 6) is 2.04. The van der Waals surface area contributed by atoms with E-state index in [1.165, 1.54) is 0 Å². The van der Waals surface area contributed by atoms with E-state index in [2.05, 4.69) is 43.1 Å². The van der Waals surface area contributed by atoms with Crippen LogP contribution in [0.2, 0.25) is 0 Å². The SMILES string of the molecule is CC(C)Cn1ncnc1CNCC(Cl)C(C)C. The Bertz CT molecular complexity index is 322. The van der Waals surface area contributed by atoms with Crippen molar-refractivity contribution in [2.75, 3.05) is 6.54 Å². The molecule has 1 atom stereocenters. The highest BCUT2D eigenvalue weighted by molar-refractivity contribution is 6.20. The molecule has 0 aliphatic rings. The molecule has 0 radical (unpaired) electrons. The summed E-state index contributed by atoms with van der Waals surface area (Å²) < 4.78 is 1.95. The van der Waals surface area contributed by atoms with Gasteiger partial charge >= 0.3 is 0 Å². The summed E-state index contributed by atoms with van der Waals surface area (Å²) in [7, 11) is 0. The molecule has 0 bridgehead atoms. The van der Waals surface area contributed by atoms with Gasteiger partial charge in [0, 0.05) is 18.5 Å². The van der Waals surface area contributed by atoms with Gasteiger partial charge < -0.3 is 5.32 Å². The highest BCUT2D eigenvalue weighted by atomic mass is 35.5. The number of aromatic nitrogens is 3. The lowest BCUT2D eigenvalue weighted by molar-refractivity contribution is 0.453. The predicted molar refractivity (Wildman–Crippen MR) is 71.0 cm³/mol. The average Bonchev–Trinajstić information content (AvgIpc) is 2.64. The Kier molecular flexibility index (Phi) is 5.92. The van der Waals surface area contributed by atoms with Crippen molar-refractivity contribution in [1.29, 1.82) is 0 Å². The van der Waals surface area contributed by atoms with Gasteiger partial charge in [-0.05, 0) is 11.8 Å². The fourth-order valence-corrected chi connectivity index (χ4v) is 1.59. The quantitative estimate of drug-likeness (QED) is 0.763. The second kappa shape index (κ2) is 6.97. The highest BCUT2D eigenvalue weighted by Crippen LogP contribution is 2.08. The highest BCUT2D eigenvalue weighted by Gasteiger charge is 2.10. The molecule has 4 nitrogen and oxygen atoms in total. The topological polar surface area (TPSA) is 42.7 Å². The average molecular weight is 259 g/mol. The van der Waals surface area contributed by atoms with Crippen LogP contribution in [-0.2, 0) is 13.1 Å². The number of hydrogen-bond donors (Lipinski definition) is 1. The fraction of sp³-hybridized carbons (Fsp3) is 0.833. The summed E-state index contributed by atoms with van der Waals surface area (Å²) in [6.45, 7) is 11.0. The first-order chi connectivity index (χ1) is 8.00. The second-order valence-corrected chi connectivity index (χ2v) is 5.70. The van der Waals surface area contributed by atoms with E-state index >= 15 is 0 Å². The molecule has 1 aromatic rings. The Hall–Kier alpha value is -0.610. The molecule has 98 valence electrons. The van der Waals surface area contributed by atoms with E-state index in [1.54, 1.807) is 6.33 Å². The van der Waals surface area contributed by atoms with Crippen molar-refractivity contribution in [2.45, 2.75) is 46.2 Å². The number of nitrogens with one attached hydrogen (secondary N) is 1. The van der Waals surface area contributed by atoms with Gasteiger partial charge in [-0.2, -0.15) is 5.10 Å². The van der Waals surface area contributed by atoms with Crippen LogP contribution >= 0.6 is 11.6 Å². The molecule has 5 heteroatoms. The molecule has 0 spiro atoms. The van der Waals surface area contributed by atoms with Crippen molar-refractivity contribution in [3.63, 3.8) is 0 Å². The van der Waals surface area contributed by atoms with Crippen LogP contribution in [0, 0.1) is 11.8 Å². The molecule has 1 unspecified atom stereocenters. The molecular formula is C12H23ClN4. The normalized spacial score (nSPS) is 13.6. The van der Waals surface area contributed by atoms with Crippen molar-refractivity contribution >= 4 is 11.6 Å². The van der Waals surface area contributed by atoms with Crippen LogP contribution in [0.4, 0.5) is 0 Å². The molecule has 0 aromatic carbocycles. The van der Waals surface area contributed by atoms with E-state index < -0.39 is 0 Å². The summed E-state index contributed by atoms with van der Waals surface area (Å²) in [4.78, 5) is 4.26. The van der Waals surface area contributed by atoms with Gasteiger partial charge in [0.15, 0.2) is 0 Å². The number of halogens is 1. The van der Waals surface area contributed by atoms with E-state index in [0.717, 1.165) is 25.5 Å². The van der Waals surface area contributed by atoms with Gasteiger partial charge in [0.1, 0.15) is 12.2 Å². The lowest BCUT2D eigenvalue weighted by Gasteiger charge is -2.14. The van der Waals surface area contributed by atoms with Gasteiger partial charge in [-0.1, -0.05) is 27.7 Å². The van der Waals surface area contributed by atoms with Crippen LogP contribution in [-0.4, -0.2) is 26.7 Å². The Morgan fingerprint density at radius 2 is 2.06 bits per heavy atom. The summed E-state index contributed by atoms with van der Waals surface area (Å²) in [5, 5.41) is 7.71. The standard InChI is InChI=1S/C12H23ClN4/c1-9(2)7-17-12(15-8-16-17)6-14-5-11(13)10(3)4/h8-11,14H,5-7H2,1-4H3. The third-order valence-corrected chi connectivity index (χ3v) is 3.24. The predicted octanol–water partition coefficient (Wildman–Crippen LogP) is 2.29. The maximum atomic E-state index is 6.17. The van der Waals surface area contributed by atoms with Crippen molar-refractivity contribution in [1.82, 2.24) is 20.1 Å². The molecule has 0 fully saturated rings. The molecule has 1 rings (SSSR count). The zero-order valence-corrected chi connectivity index (χ0v) is 11.9. The molecule has 0 saturated heterocycles. The molecular weight excluding hydrogens is 236 g/mol. The Balaban J connectivity index is 2.39. The number of alkyl halides is 1. The number of hydrogen-bond acceptors (Lipinski definition) is 3. The molecule has 0 aliphatic heterocycles. The zero-order valence-electron chi connectivity index (χ0n) is 11.2. The second-order valence-electron chi connectivity index (χ2n) is 5.14. The summed E-state index contributed by atoms with van der Waals surface area (Å²) in [6, 6.07) is 0. The van der Waals surface area contributed by atoms with Crippen molar-refractivity contribution in [3.05, 3.63) is 12.2 Å². The van der Waals surface area contributed by atoms with Gasteiger partial charge in [-0.15, -0.1) is 11.6 Å². The van der Waals surface area contributed by atoms with E-state index in [1.807, 2.05) is 4.68 Å². The molecule has 0 aliphatic carbocycles. The first kappa shape index (κ1) is 14.5. The third kappa shape index (κ3) is 5.04. The molecule has 0 amide bonds. The molecule has 1 N–H and O–H groups in total. The third-order valence-electron chi connectivity index (χ3n) is 2.58. The minimum absolute atomic E-state index is 0.163. The van der Waals surface area contributed by atoms with E-state index in [-0.39, 0.29) is 5.38 Å². The van der Waals surface area contributed by atoms with Crippen LogP contribution in [0.25, 0.3) is 0 Å². The van der Waals surface area contributed by atoms with Crippen LogP contribution in [0.15, 0.2) is 6.33 Å². The van der Waals surface area contributed by atoms with Crippen LogP contribution in [0.1, 0.15) is 33.5 Å². The lowest BCUT2D eigenvalue weighted by Crippen LogP contribution is -2.27. The van der Waals surface area contributed by atoms with Crippen molar-refractivity contribution in [2.24, 2.45) is 11.8 Å². The Morgan fingerprint density at radius 1 is 1.35 bits per heavy atom. The maximum absolute atomic E-state index is 6.17. The Labute approximate surface area is 109 Å². The number of rotatable bonds is 7. The molecule has 1 aromatic heterocycles. The minimum atomic E-state index is 0.163. The van der Waals surface area contributed by atoms with Gasteiger partial charge in [-0.25, -0.2) is 9.67 Å². The van der Waals surface area contributed by atoms with E-state index in [9.17, 15) is 0 Å². The largest absolute Gasteiger partial charge is 0.308 e. The van der Waals surface area contributed by atoms with Crippen molar-refractivity contribution < 1.29 is 0 Å². The fourth-order valence-electron chi connectivity index (χ4n) is 1.48. The van der Waals surface area contributed by atoms with Gasteiger partial charge in [0.05, 0.1) is 6.54 Å². The Morgan fingerprint density at radius 3 is 2.65 bits per heavy atom. The van der Waals surface area contributed by atoms with E-state index in [4.69, 9.17) is 11.6 Å².